The van der Waals surface area contributed by atoms with E-state index in [9.17, 15) is 37.5 Å². The molecule has 50 heteroatoms. The van der Waals surface area contributed by atoms with Crippen molar-refractivity contribution in [3.05, 3.63) is 204 Å². The fraction of sp³-hybridized carbons (Fsp3) is 0.215. The third kappa shape index (κ3) is 32.0. The molecule has 129 heavy (non-hydrogen) atoms. The van der Waals surface area contributed by atoms with E-state index >= 15 is 0 Å². The van der Waals surface area contributed by atoms with Crippen LogP contribution < -0.4 is 92.6 Å². The molecule has 0 saturated carbocycles. The number of carbonyl (C=O) groups is 5. The first kappa shape index (κ1) is 100. The van der Waals surface area contributed by atoms with E-state index in [1.54, 1.807) is 110 Å². The fourth-order valence-electron chi connectivity index (χ4n) is 10.5. The van der Waals surface area contributed by atoms with Gasteiger partial charge in [0.2, 0.25) is 52.5 Å². The number of benzene rings is 6. The summed E-state index contributed by atoms with van der Waals surface area (Å²) in [5.74, 6) is 3.23. The third-order valence-corrected chi connectivity index (χ3v) is 17.5. The number of aromatic amines is 1. The van der Waals surface area contributed by atoms with Crippen LogP contribution in [0.2, 0.25) is 15.5 Å². The molecular weight excluding hydrogens is 1920 g/mol. The Labute approximate surface area is 762 Å². The van der Waals surface area contributed by atoms with Crippen molar-refractivity contribution in [2.75, 3.05) is 88.5 Å². The van der Waals surface area contributed by atoms with Gasteiger partial charge in [0.15, 0.2) is 74.9 Å². The monoisotopic (exact) mass is 1990 g/mol. The zero-order valence-electron chi connectivity index (χ0n) is 67.5. The van der Waals surface area contributed by atoms with Crippen LogP contribution in [0, 0.1) is 5.41 Å². The lowest BCUT2D eigenvalue weighted by Gasteiger charge is -2.13. The average molecular weight is 2000 g/mol. The Morgan fingerprint density at radius 1 is 0.496 bits per heavy atom. The Morgan fingerprint density at radius 2 is 0.837 bits per heavy atom. The van der Waals surface area contributed by atoms with Gasteiger partial charge >= 0.3 is 35.9 Å². The van der Waals surface area contributed by atoms with Gasteiger partial charge in [-0.3, -0.25) is 34.2 Å². The molecule has 12 N–H and O–H groups in total. The highest BCUT2D eigenvalue weighted by Gasteiger charge is 2.33. The number of esters is 3. The van der Waals surface area contributed by atoms with Crippen molar-refractivity contribution < 1.29 is 138 Å². The van der Waals surface area contributed by atoms with Gasteiger partial charge < -0.3 is 116 Å². The number of aromatic hydroxyl groups is 1. The van der Waals surface area contributed by atoms with Gasteiger partial charge in [-0.25, -0.2) is 55.1 Å². The highest BCUT2D eigenvalue weighted by atomic mass is 79.9. The Morgan fingerprint density at radius 3 is 1.23 bits per heavy atom. The molecule has 6 aliphatic rings. The van der Waals surface area contributed by atoms with Crippen LogP contribution >= 0.6 is 66.7 Å². The summed E-state index contributed by atoms with van der Waals surface area (Å²) in [5, 5.41) is 48.9. The molecule has 0 bridgehead atoms. The highest BCUT2D eigenvalue weighted by Crippen LogP contribution is 2.43. The van der Waals surface area contributed by atoms with Crippen molar-refractivity contribution in [1.29, 1.82) is 5.41 Å². The second-order valence-corrected chi connectivity index (χ2v) is 28.6. The zero-order valence-corrected chi connectivity index (χ0v) is 73.8. The number of methoxy groups -OCH3 is 3. The first-order valence-corrected chi connectivity index (χ1v) is 40.6. The number of H-pyrrole nitrogens is 1. The number of nitrogens with zero attached hydrogens (tertiary/aromatic N) is 9. The van der Waals surface area contributed by atoms with Crippen LogP contribution in [0.3, 0.4) is 0 Å². The van der Waals surface area contributed by atoms with E-state index in [0.717, 1.165) is 56.5 Å². The topological polar surface area (TPSA) is 617 Å². The molecule has 682 valence electrons. The number of carbonyl (C=O) groups excluding carboxylic acids is 3. The van der Waals surface area contributed by atoms with Crippen molar-refractivity contribution in [3.63, 3.8) is 0 Å². The number of aliphatic hydroxyl groups is 1. The van der Waals surface area contributed by atoms with Gasteiger partial charge in [0.1, 0.15) is 53.5 Å². The summed E-state index contributed by atoms with van der Waals surface area (Å²) in [4.78, 5) is 103. The number of nitrogens with two attached hydrogens (primary N) is 3. The van der Waals surface area contributed by atoms with Crippen LogP contribution in [0.5, 0.6) is 92.8 Å². The maximum atomic E-state index is 11.6. The molecule has 11 aromatic rings. The summed E-state index contributed by atoms with van der Waals surface area (Å²) in [5.41, 5.74) is 9.37. The van der Waals surface area contributed by atoms with E-state index in [1.165, 1.54) is 34.0 Å². The predicted octanol–water partition coefficient (Wildman–Crippen LogP) is 9.01. The van der Waals surface area contributed by atoms with E-state index in [4.69, 9.17) is 131 Å². The minimum absolute atomic E-state index is 0.0106. The molecule has 6 aliphatic heterocycles. The number of nitrogens with one attached hydrogen (secondary N) is 2. The molecule has 0 atom stereocenters. The SMILES string of the molecule is CC(=O)O.COC(=O)C(C(=O)OC)c1ccc2c(c1)OCO2.COC(=O)Cc1ccc2c(c1)OCO2.Clc1ncnc(Cl)c1-c1ccc2c(c1)OCO2.Clc1ncnc(OCCOc2ncc(Br)cn2)c1-c1ccc2c(c1)OCO2.N=CN.NS(N)(=O)=O.O=C(O)Cc1ccc2c(c1)OCO2.O=c1[nH]cnc(O)c1-c1ccc2c(c1)OCO2.OCCOc1ncc(Br)cn1. The van der Waals surface area contributed by atoms with E-state index in [1.807, 2.05) is 24.3 Å². The molecule has 0 spiro atoms. The van der Waals surface area contributed by atoms with Gasteiger partial charge in [-0.15, -0.1) is 0 Å². The van der Waals surface area contributed by atoms with Crippen molar-refractivity contribution in [1.82, 2.24) is 49.8 Å². The number of aliphatic hydroxyl groups excluding tert-OH is 1. The normalized spacial score (nSPS) is 11.9. The van der Waals surface area contributed by atoms with E-state index < -0.39 is 45.6 Å². The van der Waals surface area contributed by atoms with Gasteiger partial charge in [-0.05, 0) is 138 Å². The standard InChI is InChI=1S/C17H12BrClN4O4.C12H12O6.C11H6Cl2N2O2.C11H8N2O4.C10H10O4.C9H8O4.C6H7BrN2O2.C2H4O2.CH4N2.H4N2O2S/c18-11-6-20-17(21-7-11)25-4-3-24-16-14(15(19)22-8-23-16)10-1-2-12-13(5-10)27-9-26-12;1-15-11(13)10(12(14)16-2)7-3-4-8-9(5-7)18-6-17-8;12-10-9(11(13)15-4-14-10)6-1-2-7-8(3-6)17-5-16-7;14-10-9(11(15)13-4-12-10)6-1-2-7-8(3-6)17-5-16-7;1-12-10(11)5-7-2-3-8-9(4-7)14-6-13-8;10-9(11)4-6-1-2-7-8(3-6)13-5-12-7;7-5-3-8-6(9-4-5)11-2-1-10;1-2(3)4;2-1-3;1-5(2,3)4/h1-2,5-8H,3-4,9H2;3-5,10H,6H2,1-2H3;1-4H,5H2;1-4H,5H2,(H2,12,13,14,15);2-4H,5-6H2,1H3;1-3H,4-5H2,(H,10,11);3-4,10H,1-2H2;1H3,(H,3,4);1H,(H3,2,3);(H4,1,2,3,4). The van der Waals surface area contributed by atoms with Gasteiger partial charge in [0.25, 0.3) is 21.7 Å². The Kier molecular flexibility index (Phi) is 39.5. The fourth-order valence-corrected chi connectivity index (χ4v) is 11.6. The Balaban J connectivity index is 0.000000185. The van der Waals surface area contributed by atoms with Crippen LogP contribution in [0.15, 0.2) is 167 Å². The number of hydrogen-bond donors (Lipinski definition) is 9. The summed E-state index contributed by atoms with van der Waals surface area (Å²) in [6.07, 6.45) is 11.2. The molecule has 0 saturated heterocycles. The second-order valence-electron chi connectivity index (χ2n) is 24.5. The summed E-state index contributed by atoms with van der Waals surface area (Å²) >= 11 is 24.7. The highest BCUT2D eigenvalue weighted by molar-refractivity contribution is 9.10. The van der Waals surface area contributed by atoms with Crippen molar-refractivity contribution >= 4 is 113 Å². The van der Waals surface area contributed by atoms with Crippen molar-refractivity contribution in [2.45, 2.75) is 25.7 Å². The molecule has 11 heterocycles. The van der Waals surface area contributed by atoms with Gasteiger partial charge in [0.05, 0.1) is 73.5 Å². The number of carboxylic acid groups (broad SMARTS) is 2. The minimum atomic E-state index is -3.67. The molecule has 5 aromatic heterocycles. The molecule has 0 aliphatic carbocycles. The molecular formula is C79H75Br2Cl3N14O30S. The Hall–Kier alpha value is -14.2. The number of carboxylic acids is 2. The number of rotatable bonds is 18. The lowest BCUT2D eigenvalue weighted by atomic mass is 9.99. The van der Waals surface area contributed by atoms with Crippen molar-refractivity contribution in [3.8, 4) is 126 Å². The van der Waals surface area contributed by atoms with Crippen LogP contribution in [-0.2, 0) is 61.2 Å². The van der Waals surface area contributed by atoms with Crippen molar-refractivity contribution in [2.24, 2.45) is 16.0 Å². The minimum Gasteiger partial charge on any atom is -0.493 e. The number of ether oxygens (including phenoxy) is 18. The van der Waals surface area contributed by atoms with Crippen LogP contribution in [0.4, 0.5) is 0 Å². The van der Waals surface area contributed by atoms with E-state index in [0.29, 0.717) is 102 Å². The molecule has 0 amide bonds. The molecule has 6 aromatic carbocycles. The smallest absolute Gasteiger partial charge is 0.324 e. The molecule has 0 unspecified atom stereocenters. The van der Waals surface area contributed by atoms with Gasteiger partial charge in [-0.2, -0.15) is 8.42 Å². The summed E-state index contributed by atoms with van der Waals surface area (Å²) in [7, 11) is 0.131. The largest absolute Gasteiger partial charge is 0.493 e. The van der Waals surface area contributed by atoms with Crippen LogP contribution in [0.1, 0.15) is 29.5 Å². The van der Waals surface area contributed by atoms with Gasteiger partial charge in [-0.1, -0.05) is 71.2 Å². The lowest BCUT2D eigenvalue weighted by molar-refractivity contribution is -0.154. The number of hydrogen-bond acceptors (Lipinski definition) is 38. The second kappa shape index (κ2) is 50.8. The average Bonchev–Trinajstić information content (AvgIpc) is 1.77. The number of fused-ring (bicyclic) bond motifs is 6. The molecule has 0 radical (unpaired) electrons. The molecule has 44 nitrogen and oxygen atoms in total. The lowest BCUT2D eigenvalue weighted by Crippen LogP contribution is -2.24. The molecule has 0 fully saturated rings. The zero-order chi connectivity index (χ0) is 93.5. The maximum absolute atomic E-state index is 11.6. The first-order valence-electron chi connectivity index (χ1n) is 36.3. The summed E-state index contributed by atoms with van der Waals surface area (Å²) in [6, 6.07) is 31.8. The third-order valence-electron chi connectivity index (χ3n) is 15.8. The van der Waals surface area contributed by atoms with Crippen LogP contribution in [0.25, 0.3) is 33.4 Å². The number of aromatic nitrogens is 10. The quantitative estimate of drug-likeness (QED) is 0.00735. The van der Waals surface area contributed by atoms with Crippen LogP contribution in [-0.4, -0.2) is 203 Å². The van der Waals surface area contributed by atoms with E-state index in [2.05, 4.69) is 112 Å². The van der Waals surface area contributed by atoms with Gasteiger partial charge in [0, 0.05) is 31.7 Å². The molecule has 17 rings (SSSR count). The number of aliphatic carboxylic acids is 2. The Bertz CT molecular complexity index is 5810. The predicted molar refractivity (Wildman–Crippen MR) is 458 cm³/mol. The first-order chi connectivity index (χ1) is 61.9. The maximum Gasteiger partial charge on any atom is 0.324 e. The van der Waals surface area contributed by atoms with E-state index in [-0.39, 0.29) is 115 Å². The summed E-state index contributed by atoms with van der Waals surface area (Å²) < 4.78 is 112. The summed E-state index contributed by atoms with van der Waals surface area (Å²) in [6.45, 7) is 2.91. The number of halogens is 5.